The quantitative estimate of drug-likeness (QED) is 0.797. The molecule has 1 aromatic carbocycles. The van der Waals surface area contributed by atoms with E-state index in [1.54, 1.807) is 12.1 Å². The van der Waals surface area contributed by atoms with Gasteiger partial charge in [-0.25, -0.2) is 0 Å². The van der Waals surface area contributed by atoms with Crippen molar-refractivity contribution >= 4 is 28.8 Å². The molecular formula is C12H7ClF3N5O. The fourth-order valence-corrected chi connectivity index (χ4v) is 1.88. The smallest absolute Gasteiger partial charge is 0.406 e. The number of rotatable bonds is 3. The highest BCUT2D eigenvalue weighted by atomic mass is 35.5. The third-order valence-electron chi connectivity index (χ3n) is 2.59. The Bertz CT molecular complexity index is 803. The molecule has 0 bridgehead atoms. The van der Waals surface area contributed by atoms with Crippen LogP contribution in [0.2, 0.25) is 5.28 Å². The summed E-state index contributed by atoms with van der Waals surface area (Å²) in [7, 11) is 0. The molecule has 22 heavy (non-hydrogen) atoms. The van der Waals surface area contributed by atoms with Crippen LogP contribution in [0.1, 0.15) is 0 Å². The summed E-state index contributed by atoms with van der Waals surface area (Å²) < 4.78 is 41.3. The summed E-state index contributed by atoms with van der Waals surface area (Å²) in [5.41, 5.74) is 1.01. The lowest BCUT2D eigenvalue weighted by Crippen LogP contribution is -2.16. The number of hydrogen-bond donors (Lipinski definition) is 1. The van der Waals surface area contributed by atoms with Gasteiger partial charge in [-0.05, 0) is 48.0 Å². The van der Waals surface area contributed by atoms with Gasteiger partial charge in [0.2, 0.25) is 5.28 Å². The van der Waals surface area contributed by atoms with E-state index in [1.165, 1.54) is 28.8 Å². The lowest BCUT2D eigenvalue weighted by molar-refractivity contribution is -0.274. The number of hydrogen-bond acceptors (Lipinski definition) is 5. The van der Waals surface area contributed by atoms with Gasteiger partial charge in [-0.2, -0.15) is 4.52 Å². The Morgan fingerprint density at radius 1 is 1.05 bits per heavy atom. The maximum atomic E-state index is 12.1. The topological polar surface area (TPSA) is 64.3 Å². The number of nitrogens with zero attached hydrogens (tertiary/aromatic N) is 4. The largest absolute Gasteiger partial charge is 0.573 e. The van der Waals surface area contributed by atoms with Crippen LogP contribution in [0.15, 0.2) is 36.4 Å². The highest BCUT2D eigenvalue weighted by Crippen LogP contribution is 2.25. The molecule has 10 heteroatoms. The van der Waals surface area contributed by atoms with E-state index in [2.05, 4.69) is 25.3 Å². The van der Waals surface area contributed by atoms with Crippen molar-refractivity contribution in [1.29, 1.82) is 0 Å². The zero-order chi connectivity index (χ0) is 15.7. The molecule has 0 amide bonds. The summed E-state index contributed by atoms with van der Waals surface area (Å²) >= 11 is 5.81. The van der Waals surface area contributed by atoms with Crippen LogP contribution < -0.4 is 10.1 Å². The third kappa shape index (κ3) is 3.19. The molecule has 6 nitrogen and oxygen atoms in total. The van der Waals surface area contributed by atoms with E-state index in [0.717, 1.165) is 0 Å². The monoisotopic (exact) mass is 329 g/mol. The predicted octanol–water partition coefficient (Wildman–Crippen LogP) is 3.42. The Hall–Kier alpha value is -2.55. The number of nitrogens with one attached hydrogen (secondary N) is 1. The van der Waals surface area contributed by atoms with Crippen LogP contribution >= 0.6 is 11.6 Å². The summed E-state index contributed by atoms with van der Waals surface area (Å²) in [6.45, 7) is 0. The number of alkyl halides is 3. The van der Waals surface area contributed by atoms with Crippen LogP contribution in [0.25, 0.3) is 5.65 Å². The summed E-state index contributed by atoms with van der Waals surface area (Å²) in [5.74, 6) is 0.127. The van der Waals surface area contributed by atoms with Gasteiger partial charge in [0.05, 0.1) is 0 Å². The molecule has 0 saturated carbocycles. The Morgan fingerprint density at radius 2 is 1.77 bits per heavy atom. The molecule has 0 radical (unpaired) electrons. The second-order valence-electron chi connectivity index (χ2n) is 4.15. The molecule has 1 N–H and O–H groups in total. The average molecular weight is 330 g/mol. The van der Waals surface area contributed by atoms with Gasteiger partial charge in [0, 0.05) is 5.69 Å². The number of ether oxygens (including phenoxy) is 1. The zero-order valence-electron chi connectivity index (χ0n) is 10.7. The minimum absolute atomic E-state index is 0.104. The molecule has 114 valence electrons. The summed E-state index contributed by atoms with van der Waals surface area (Å²) in [6, 6.07) is 8.54. The van der Waals surface area contributed by atoms with Crippen molar-refractivity contribution in [3.05, 3.63) is 41.7 Å². The molecule has 0 aliphatic heterocycles. The zero-order valence-corrected chi connectivity index (χ0v) is 11.4. The number of anilines is 2. The summed E-state index contributed by atoms with van der Waals surface area (Å²) in [4.78, 5) is 0. The van der Waals surface area contributed by atoms with Crippen LogP contribution in [0.5, 0.6) is 5.75 Å². The van der Waals surface area contributed by atoms with Crippen molar-refractivity contribution in [2.24, 2.45) is 0 Å². The van der Waals surface area contributed by atoms with Crippen molar-refractivity contribution in [2.45, 2.75) is 6.36 Å². The van der Waals surface area contributed by atoms with E-state index in [1.807, 2.05) is 0 Å². The summed E-state index contributed by atoms with van der Waals surface area (Å²) in [5, 5.41) is 14.6. The molecule has 0 aliphatic rings. The molecule has 0 fully saturated rings. The lowest BCUT2D eigenvalue weighted by atomic mass is 10.3. The van der Waals surface area contributed by atoms with Crippen LogP contribution in [-0.2, 0) is 0 Å². The fourth-order valence-electron chi connectivity index (χ4n) is 1.72. The van der Waals surface area contributed by atoms with Gasteiger partial charge in [-0.15, -0.1) is 28.5 Å². The first-order valence-corrected chi connectivity index (χ1v) is 6.29. The van der Waals surface area contributed by atoms with Gasteiger partial charge in [0.25, 0.3) is 0 Å². The highest BCUT2D eigenvalue weighted by molar-refractivity contribution is 6.28. The molecule has 3 aromatic rings. The lowest BCUT2D eigenvalue weighted by Gasteiger charge is -2.10. The van der Waals surface area contributed by atoms with Gasteiger partial charge in [-0.1, -0.05) is 0 Å². The number of benzene rings is 1. The van der Waals surface area contributed by atoms with E-state index < -0.39 is 6.36 Å². The van der Waals surface area contributed by atoms with Crippen LogP contribution in [0.4, 0.5) is 24.7 Å². The maximum absolute atomic E-state index is 12.1. The molecule has 0 atom stereocenters. The standard InChI is InChI=1S/C12H7ClF3N5O/c13-11-19-18-10-6-5-9(20-21(10)11)17-7-1-3-8(4-2-7)22-12(14,15)16/h1-6H,(H,17,20). The van der Waals surface area contributed by atoms with Crippen LogP contribution in [0, 0.1) is 0 Å². The second kappa shape index (κ2) is 5.34. The van der Waals surface area contributed by atoms with E-state index >= 15 is 0 Å². The van der Waals surface area contributed by atoms with Gasteiger partial charge >= 0.3 is 6.36 Å². The van der Waals surface area contributed by atoms with E-state index in [4.69, 9.17) is 11.6 Å². The molecule has 0 saturated heterocycles. The van der Waals surface area contributed by atoms with Crippen molar-refractivity contribution in [2.75, 3.05) is 5.32 Å². The second-order valence-corrected chi connectivity index (χ2v) is 4.49. The average Bonchev–Trinajstić information content (AvgIpc) is 2.81. The normalized spacial score (nSPS) is 11.6. The van der Waals surface area contributed by atoms with Gasteiger partial charge in [0.1, 0.15) is 5.75 Å². The van der Waals surface area contributed by atoms with Crippen molar-refractivity contribution in [1.82, 2.24) is 19.8 Å². The fraction of sp³-hybridized carbons (Fsp3) is 0.0833. The predicted molar refractivity (Wildman–Crippen MR) is 72.2 cm³/mol. The highest BCUT2D eigenvalue weighted by Gasteiger charge is 2.30. The Kier molecular flexibility index (Phi) is 3.49. The molecule has 3 rings (SSSR count). The van der Waals surface area contributed by atoms with Gasteiger partial charge in [-0.3, -0.25) is 0 Å². The Labute approximate surface area is 126 Å². The maximum Gasteiger partial charge on any atom is 0.573 e. The van der Waals surface area contributed by atoms with Gasteiger partial charge in [0.15, 0.2) is 11.5 Å². The van der Waals surface area contributed by atoms with E-state index in [0.29, 0.717) is 17.2 Å². The molecule has 2 aromatic heterocycles. The minimum Gasteiger partial charge on any atom is -0.406 e. The number of halogens is 4. The molecule has 0 unspecified atom stereocenters. The Morgan fingerprint density at radius 3 is 2.45 bits per heavy atom. The summed E-state index contributed by atoms with van der Waals surface area (Å²) in [6.07, 6.45) is -4.72. The van der Waals surface area contributed by atoms with Crippen molar-refractivity contribution < 1.29 is 17.9 Å². The molecule has 0 spiro atoms. The van der Waals surface area contributed by atoms with Crippen LogP contribution in [-0.4, -0.2) is 26.2 Å². The van der Waals surface area contributed by atoms with Crippen molar-refractivity contribution in [3.8, 4) is 5.75 Å². The first-order valence-electron chi connectivity index (χ1n) is 5.91. The van der Waals surface area contributed by atoms with Crippen LogP contribution in [0.3, 0.4) is 0 Å². The number of aromatic nitrogens is 4. The first kappa shape index (κ1) is 14.4. The Balaban J connectivity index is 1.78. The molecular weight excluding hydrogens is 323 g/mol. The molecule has 0 aliphatic carbocycles. The number of fused-ring (bicyclic) bond motifs is 1. The van der Waals surface area contributed by atoms with E-state index in [-0.39, 0.29) is 11.0 Å². The first-order chi connectivity index (χ1) is 10.4. The van der Waals surface area contributed by atoms with Crippen molar-refractivity contribution in [3.63, 3.8) is 0 Å². The molecule has 2 heterocycles. The minimum atomic E-state index is -4.72. The SMILES string of the molecule is FC(F)(F)Oc1ccc(Nc2ccc3nnc(Cl)n3n2)cc1. The van der Waals surface area contributed by atoms with E-state index in [9.17, 15) is 13.2 Å². The third-order valence-corrected chi connectivity index (χ3v) is 2.82. The van der Waals surface area contributed by atoms with Gasteiger partial charge < -0.3 is 10.1 Å².